The Hall–Kier alpha value is -2.29. The monoisotopic (exact) mass is 256 g/mol. The largest absolute Gasteiger partial charge is 0.507 e. The van der Waals surface area contributed by atoms with Crippen LogP contribution < -0.4 is 0 Å². The number of ether oxygens (including phenoxy) is 1. The number of carbonyl (C=O) groups excluding carboxylic acids is 1. The van der Waals surface area contributed by atoms with Crippen molar-refractivity contribution in [2.24, 2.45) is 0 Å². The number of hydrogen-bond acceptors (Lipinski definition) is 3. The Morgan fingerprint density at radius 3 is 2.21 bits per heavy atom. The Morgan fingerprint density at radius 2 is 1.58 bits per heavy atom. The first-order chi connectivity index (χ1) is 9.00. The fourth-order valence-electron chi connectivity index (χ4n) is 1.83. The van der Waals surface area contributed by atoms with Gasteiger partial charge in [0.1, 0.15) is 16.9 Å². The zero-order valence-corrected chi connectivity index (χ0v) is 11.0. The average molecular weight is 256 g/mol. The topological polar surface area (TPSA) is 46.5 Å². The van der Waals surface area contributed by atoms with Crippen molar-refractivity contribution in [1.82, 2.24) is 0 Å². The lowest BCUT2D eigenvalue weighted by molar-refractivity contribution is -0.00338. The van der Waals surface area contributed by atoms with E-state index in [-0.39, 0.29) is 11.3 Å². The third-order valence-electron chi connectivity index (χ3n) is 2.94. The van der Waals surface area contributed by atoms with E-state index in [0.29, 0.717) is 0 Å². The van der Waals surface area contributed by atoms with Gasteiger partial charge in [-0.15, -0.1) is 0 Å². The summed E-state index contributed by atoms with van der Waals surface area (Å²) in [5.41, 5.74) is 0.325. The van der Waals surface area contributed by atoms with Crippen LogP contribution in [0.4, 0.5) is 0 Å². The maximum atomic E-state index is 12.1. The number of rotatable bonds is 3. The van der Waals surface area contributed by atoms with Crippen molar-refractivity contribution in [2.45, 2.75) is 19.4 Å². The standard InChI is InChI=1S/C16H16O3/c1-16(2,12-8-4-3-5-9-12)19-15(18)13-10-6-7-11-14(13)17/h3-11,17H,1-2H3. The lowest BCUT2D eigenvalue weighted by Gasteiger charge is -2.25. The molecular formula is C16H16O3. The molecule has 0 atom stereocenters. The van der Waals surface area contributed by atoms with Gasteiger partial charge in [-0.2, -0.15) is 0 Å². The van der Waals surface area contributed by atoms with E-state index in [4.69, 9.17) is 4.74 Å². The molecule has 0 fully saturated rings. The quantitative estimate of drug-likeness (QED) is 0.855. The minimum absolute atomic E-state index is 0.0728. The number of hydrogen-bond donors (Lipinski definition) is 1. The van der Waals surface area contributed by atoms with Gasteiger partial charge in [-0.05, 0) is 31.5 Å². The van der Waals surface area contributed by atoms with Crippen molar-refractivity contribution < 1.29 is 14.6 Å². The first-order valence-corrected chi connectivity index (χ1v) is 6.07. The van der Waals surface area contributed by atoms with Crippen LogP contribution >= 0.6 is 0 Å². The molecular weight excluding hydrogens is 240 g/mol. The van der Waals surface area contributed by atoms with Gasteiger partial charge in [-0.25, -0.2) is 4.79 Å². The molecule has 2 aromatic rings. The zero-order chi connectivity index (χ0) is 13.9. The molecule has 98 valence electrons. The summed E-state index contributed by atoms with van der Waals surface area (Å²) < 4.78 is 5.49. The van der Waals surface area contributed by atoms with E-state index in [1.54, 1.807) is 18.2 Å². The molecule has 0 aromatic heterocycles. The SMILES string of the molecule is CC(C)(OC(=O)c1ccccc1O)c1ccccc1. The molecule has 0 saturated carbocycles. The van der Waals surface area contributed by atoms with E-state index in [1.807, 2.05) is 44.2 Å². The van der Waals surface area contributed by atoms with Crippen LogP contribution in [0, 0.1) is 0 Å². The van der Waals surface area contributed by atoms with E-state index in [0.717, 1.165) is 5.56 Å². The summed E-state index contributed by atoms with van der Waals surface area (Å²) in [5.74, 6) is -0.608. The van der Waals surface area contributed by atoms with Crippen LogP contribution in [-0.4, -0.2) is 11.1 Å². The van der Waals surface area contributed by atoms with Gasteiger partial charge < -0.3 is 9.84 Å². The summed E-state index contributed by atoms with van der Waals surface area (Å²) in [5, 5.41) is 9.65. The summed E-state index contributed by atoms with van der Waals surface area (Å²) in [7, 11) is 0. The fraction of sp³-hybridized carbons (Fsp3) is 0.188. The zero-order valence-electron chi connectivity index (χ0n) is 11.0. The molecule has 0 aliphatic carbocycles. The van der Waals surface area contributed by atoms with Gasteiger partial charge in [-0.1, -0.05) is 42.5 Å². The molecule has 0 unspecified atom stereocenters. The number of esters is 1. The van der Waals surface area contributed by atoms with E-state index in [1.165, 1.54) is 6.07 Å². The van der Waals surface area contributed by atoms with Crippen LogP contribution in [0.5, 0.6) is 5.75 Å². The predicted molar refractivity (Wildman–Crippen MR) is 73.0 cm³/mol. The van der Waals surface area contributed by atoms with Crippen LogP contribution in [0.15, 0.2) is 54.6 Å². The highest BCUT2D eigenvalue weighted by atomic mass is 16.6. The number of aromatic hydroxyl groups is 1. The van der Waals surface area contributed by atoms with Crippen molar-refractivity contribution in [3.63, 3.8) is 0 Å². The summed E-state index contributed by atoms with van der Waals surface area (Å²) >= 11 is 0. The average Bonchev–Trinajstić information content (AvgIpc) is 2.39. The highest BCUT2D eigenvalue weighted by molar-refractivity contribution is 5.92. The Kier molecular flexibility index (Phi) is 3.56. The highest BCUT2D eigenvalue weighted by Crippen LogP contribution is 2.27. The lowest BCUT2D eigenvalue weighted by atomic mass is 9.98. The predicted octanol–water partition coefficient (Wildman–Crippen LogP) is 3.48. The lowest BCUT2D eigenvalue weighted by Crippen LogP contribution is -2.25. The second kappa shape index (κ2) is 5.14. The van der Waals surface area contributed by atoms with Crippen molar-refractivity contribution in [3.8, 4) is 5.75 Å². The molecule has 0 radical (unpaired) electrons. The maximum Gasteiger partial charge on any atom is 0.342 e. The summed E-state index contributed by atoms with van der Waals surface area (Å²) in [6, 6.07) is 15.8. The second-order valence-corrected chi connectivity index (χ2v) is 4.78. The smallest absolute Gasteiger partial charge is 0.342 e. The normalized spacial score (nSPS) is 11.1. The van der Waals surface area contributed by atoms with E-state index in [9.17, 15) is 9.90 Å². The van der Waals surface area contributed by atoms with Gasteiger partial charge in [0.25, 0.3) is 0 Å². The van der Waals surface area contributed by atoms with Gasteiger partial charge in [0.2, 0.25) is 0 Å². The Labute approximate surface area is 112 Å². The molecule has 0 aliphatic heterocycles. The first-order valence-electron chi connectivity index (χ1n) is 6.07. The van der Waals surface area contributed by atoms with E-state index < -0.39 is 11.6 Å². The molecule has 1 N–H and O–H groups in total. The van der Waals surface area contributed by atoms with Gasteiger partial charge in [0.05, 0.1) is 0 Å². The molecule has 0 bridgehead atoms. The Bertz CT molecular complexity index is 574. The first kappa shape index (κ1) is 13.1. The molecule has 0 aliphatic rings. The summed E-state index contributed by atoms with van der Waals surface area (Å²) in [6.45, 7) is 3.64. The molecule has 3 nitrogen and oxygen atoms in total. The molecule has 0 spiro atoms. The maximum absolute atomic E-state index is 12.1. The van der Waals surface area contributed by atoms with Gasteiger partial charge in [0.15, 0.2) is 0 Å². The Balaban J connectivity index is 2.22. The van der Waals surface area contributed by atoms with Crippen molar-refractivity contribution in [2.75, 3.05) is 0 Å². The summed E-state index contributed by atoms with van der Waals surface area (Å²) in [4.78, 5) is 12.1. The van der Waals surface area contributed by atoms with Crippen LogP contribution in [-0.2, 0) is 10.3 Å². The molecule has 19 heavy (non-hydrogen) atoms. The van der Waals surface area contributed by atoms with Crippen LogP contribution in [0.2, 0.25) is 0 Å². The number of para-hydroxylation sites is 1. The molecule has 0 amide bonds. The third-order valence-corrected chi connectivity index (χ3v) is 2.94. The van der Waals surface area contributed by atoms with Gasteiger partial charge in [-0.3, -0.25) is 0 Å². The summed E-state index contributed by atoms with van der Waals surface area (Å²) in [6.07, 6.45) is 0. The van der Waals surface area contributed by atoms with Crippen molar-refractivity contribution in [1.29, 1.82) is 0 Å². The minimum Gasteiger partial charge on any atom is -0.507 e. The third kappa shape index (κ3) is 2.94. The number of phenols is 1. The van der Waals surface area contributed by atoms with Crippen molar-refractivity contribution in [3.05, 3.63) is 65.7 Å². The van der Waals surface area contributed by atoms with Gasteiger partial charge in [0, 0.05) is 0 Å². The second-order valence-electron chi connectivity index (χ2n) is 4.78. The number of phenolic OH excluding ortho intramolecular Hbond substituents is 1. The van der Waals surface area contributed by atoms with Gasteiger partial charge >= 0.3 is 5.97 Å². The van der Waals surface area contributed by atoms with E-state index >= 15 is 0 Å². The molecule has 2 rings (SSSR count). The van der Waals surface area contributed by atoms with Crippen LogP contribution in [0.3, 0.4) is 0 Å². The molecule has 0 saturated heterocycles. The molecule has 2 aromatic carbocycles. The molecule has 0 heterocycles. The fourth-order valence-corrected chi connectivity index (χ4v) is 1.83. The molecule has 3 heteroatoms. The minimum atomic E-state index is -0.749. The number of carbonyl (C=O) groups is 1. The number of benzene rings is 2. The Morgan fingerprint density at radius 1 is 1.00 bits per heavy atom. The van der Waals surface area contributed by atoms with Crippen LogP contribution in [0.25, 0.3) is 0 Å². The van der Waals surface area contributed by atoms with E-state index in [2.05, 4.69) is 0 Å². The van der Waals surface area contributed by atoms with Crippen LogP contribution in [0.1, 0.15) is 29.8 Å². The van der Waals surface area contributed by atoms with Crippen molar-refractivity contribution >= 4 is 5.97 Å². The highest BCUT2D eigenvalue weighted by Gasteiger charge is 2.26.